The Morgan fingerprint density at radius 2 is 1.74 bits per heavy atom. The fourth-order valence-electron chi connectivity index (χ4n) is 4.77. The summed E-state index contributed by atoms with van der Waals surface area (Å²) >= 11 is 1.58. The molecular formula is C27H30N2O5S. The number of carbonyl (C=O) groups is 3. The van der Waals surface area contributed by atoms with E-state index in [4.69, 9.17) is 4.74 Å². The van der Waals surface area contributed by atoms with Gasteiger partial charge in [-0.3, -0.25) is 9.59 Å². The average Bonchev–Trinajstić information content (AvgIpc) is 3.19. The molecule has 7 nitrogen and oxygen atoms in total. The van der Waals surface area contributed by atoms with Gasteiger partial charge in [0.15, 0.2) is 0 Å². The highest BCUT2D eigenvalue weighted by atomic mass is 32.2. The van der Waals surface area contributed by atoms with Crippen molar-refractivity contribution in [1.82, 2.24) is 10.6 Å². The van der Waals surface area contributed by atoms with Crippen LogP contribution in [-0.2, 0) is 14.3 Å². The van der Waals surface area contributed by atoms with E-state index in [9.17, 15) is 19.5 Å². The standard InChI is InChI=1S/C27H30N2O5S/c1-35-14-13-24(25(30)28-18-8-6-7-17(15-18)26(31)32)29-27(33)34-16-23-21-11-4-2-9-19(21)20-10-3-5-12-22(20)23/h2-6,8-12,17-18,23-24H,7,13-16H2,1H3,(H,28,30)(H,29,33)(H,31,32)/t17?,18?,24-/m1/s1. The van der Waals surface area contributed by atoms with Gasteiger partial charge in [0, 0.05) is 12.0 Å². The number of rotatable bonds is 9. The molecule has 2 aromatic rings. The molecule has 0 aromatic heterocycles. The Kier molecular flexibility index (Phi) is 8.13. The number of ether oxygens (including phenoxy) is 1. The second-order valence-corrected chi connectivity index (χ2v) is 9.84. The van der Waals surface area contributed by atoms with Gasteiger partial charge in [-0.2, -0.15) is 11.8 Å². The number of benzene rings is 2. The molecule has 184 valence electrons. The number of aliphatic carboxylic acids is 1. The van der Waals surface area contributed by atoms with Crippen molar-refractivity contribution >= 4 is 29.7 Å². The topological polar surface area (TPSA) is 105 Å². The van der Waals surface area contributed by atoms with Gasteiger partial charge in [-0.05, 0) is 53.5 Å². The Balaban J connectivity index is 1.37. The van der Waals surface area contributed by atoms with Crippen molar-refractivity contribution in [3.63, 3.8) is 0 Å². The molecule has 0 bridgehead atoms. The van der Waals surface area contributed by atoms with Crippen LogP contribution in [0.5, 0.6) is 0 Å². The summed E-state index contributed by atoms with van der Waals surface area (Å²) in [5.41, 5.74) is 4.54. The van der Waals surface area contributed by atoms with Crippen LogP contribution in [0.15, 0.2) is 60.7 Å². The largest absolute Gasteiger partial charge is 0.481 e. The maximum Gasteiger partial charge on any atom is 0.407 e. The number of thioether (sulfide) groups is 1. The van der Waals surface area contributed by atoms with Crippen LogP contribution in [0, 0.1) is 5.92 Å². The monoisotopic (exact) mass is 494 g/mol. The highest BCUT2D eigenvalue weighted by Gasteiger charge is 2.31. The first kappa shape index (κ1) is 24.9. The maximum atomic E-state index is 12.9. The number of fused-ring (bicyclic) bond motifs is 3. The van der Waals surface area contributed by atoms with Crippen molar-refractivity contribution in [2.24, 2.45) is 5.92 Å². The molecule has 0 saturated carbocycles. The number of carbonyl (C=O) groups excluding carboxylic acids is 2. The molecule has 2 aliphatic carbocycles. The highest BCUT2D eigenvalue weighted by molar-refractivity contribution is 7.98. The number of allylic oxidation sites excluding steroid dienone is 1. The number of alkyl carbamates (subject to hydrolysis) is 1. The van der Waals surface area contributed by atoms with Crippen molar-refractivity contribution < 1.29 is 24.2 Å². The molecule has 35 heavy (non-hydrogen) atoms. The Hall–Kier alpha value is -3.26. The maximum absolute atomic E-state index is 12.9. The van der Waals surface area contributed by atoms with Crippen LogP contribution >= 0.6 is 11.8 Å². The molecule has 8 heteroatoms. The summed E-state index contributed by atoms with van der Waals surface area (Å²) in [5, 5.41) is 14.9. The van der Waals surface area contributed by atoms with Gasteiger partial charge in [0.05, 0.1) is 5.92 Å². The van der Waals surface area contributed by atoms with Gasteiger partial charge in [-0.15, -0.1) is 0 Å². The van der Waals surface area contributed by atoms with Crippen LogP contribution in [0.3, 0.4) is 0 Å². The first-order valence-electron chi connectivity index (χ1n) is 11.8. The van der Waals surface area contributed by atoms with Crippen molar-refractivity contribution in [2.45, 2.75) is 37.3 Å². The molecule has 0 radical (unpaired) electrons. The predicted octanol–water partition coefficient (Wildman–Crippen LogP) is 4.18. The van der Waals surface area contributed by atoms with Gasteiger partial charge in [0.2, 0.25) is 5.91 Å². The van der Waals surface area contributed by atoms with Gasteiger partial charge in [0.1, 0.15) is 12.6 Å². The fraction of sp³-hybridized carbons (Fsp3) is 0.370. The van der Waals surface area contributed by atoms with Crippen LogP contribution in [0.1, 0.15) is 36.3 Å². The molecule has 2 aromatic carbocycles. The molecule has 2 amide bonds. The number of carboxylic acid groups (broad SMARTS) is 1. The Labute approximate surface area is 209 Å². The molecule has 0 spiro atoms. The zero-order valence-electron chi connectivity index (χ0n) is 19.6. The van der Waals surface area contributed by atoms with Crippen molar-refractivity contribution in [1.29, 1.82) is 0 Å². The van der Waals surface area contributed by atoms with E-state index in [-0.39, 0.29) is 24.5 Å². The quantitative estimate of drug-likeness (QED) is 0.452. The molecule has 0 aliphatic heterocycles. The molecule has 2 aliphatic rings. The summed E-state index contributed by atoms with van der Waals surface area (Å²) in [6.07, 6.45) is 6.11. The lowest BCUT2D eigenvalue weighted by Gasteiger charge is -2.25. The minimum absolute atomic E-state index is 0.0630. The minimum atomic E-state index is -0.871. The van der Waals surface area contributed by atoms with E-state index < -0.39 is 24.0 Å². The van der Waals surface area contributed by atoms with Crippen molar-refractivity contribution in [2.75, 3.05) is 18.6 Å². The molecule has 3 N–H and O–H groups in total. The minimum Gasteiger partial charge on any atom is -0.481 e. The predicted molar refractivity (Wildman–Crippen MR) is 136 cm³/mol. The van der Waals surface area contributed by atoms with Gasteiger partial charge in [0.25, 0.3) is 0 Å². The first-order chi connectivity index (χ1) is 17.0. The zero-order valence-corrected chi connectivity index (χ0v) is 20.4. The molecule has 0 fully saturated rings. The van der Waals surface area contributed by atoms with E-state index in [0.717, 1.165) is 22.3 Å². The van der Waals surface area contributed by atoms with E-state index in [0.29, 0.717) is 25.0 Å². The molecule has 0 saturated heterocycles. The summed E-state index contributed by atoms with van der Waals surface area (Å²) in [4.78, 5) is 37.0. The molecule has 0 heterocycles. The number of carboxylic acids is 1. The van der Waals surface area contributed by atoms with Gasteiger partial charge < -0.3 is 20.5 Å². The van der Waals surface area contributed by atoms with Gasteiger partial charge in [-0.25, -0.2) is 4.79 Å². The number of hydrogen-bond donors (Lipinski definition) is 3. The number of hydrogen-bond acceptors (Lipinski definition) is 5. The highest BCUT2D eigenvalue weighted by Crippen LogP contribution is 2.44. The van der Waals surface area contributed by atoms with E-state index in [2.05, 4.69) is 34.9 Å². The average molecular weight is 495 g/mol. The van der Waals surface area contributed by atoms with E-state index in [1.54, 1.807) is 17.8 Å². The first-order valence-corrected chi connectivity index (χ1v) is 13.2. The third-order valence-corrected chi connectivity index (χ3v) is 7.21. The Bertz CT molecular complexity index is 1070. The van der Waals surface area contributed by atoms with Crippen LogP contribution < -0.4 is 10.6 Å². The van der Waals surface area contributed by atoms with Gasteiger partial charge in [-0.1, -0.05) is 60.7 Å². The molecule has 2 unspecified atom stereocenters. The Morgan fingerprint density at radius 3 is 2.37 bits per heavy atom. The third-order valence-electron chi connectivity index (χ3n) is 6.57. The van der Waals surface area contributed by atoms with Crippen LogP contribution in [-0.4, -0.2) is 53.8 Å². The Morgan fingerprint density at radius 1 is 1.09 bits per heavy atom. The van der Waals surface area contributed by atoms with Crippen LogP contribution in [0.4, 0.5) is 4.79 Å². The summed E-state index contributed by atoms with van der Waals surface area (Å²) in [6, 6.07) is 15.1. The number of amides is 2. The number of nitrogens with one attached hydrogen (secondary N) is 2. The molecule has 3 atom stereocenters. The van der Waals surface area contributed by atoms with E-state index in [1.165, 1.54) is 0 Å². The lowest BCUT2D eigenvalue weighted by atomic mass is 9.91. The second kappa shape index (κ2) is 11.4. The van der Waals surface area contributed by atoms with Crippen LogP contribution in [0.2, 0.25) is 0 Å². The summed E-state index contributed by atoms with van der Waals surface area (Å²) < 4.78 is 5.61. The lowest BCUT2D eigenvalue weighted by molar-refractivity contribution is -0.142. The summed E-state index contributed by atoms with van der Waals surface area (Å²) in [6.45, 7) is 0.169. The van der Waals surface area contributed by atoms with Crippen molar-refractivity contribution in [3.8, 4) is 11.1 Å². The smallest absolute Gasteiger partial charge is 0.407 e. The van der Waals surface area contributed by atoms with E-state index in [1.807, 2.05) is 36.6 Å². The second-order valence-electron chi connectivity index (χ2n) is 8.85. The summed E-state index contributed by atoms with van der Waals surface area (Å²) in [7, 11) is 0. The van der Waals surface area contributed by atoms with E-state index >= 15 is 0 Å². The molecular weight excluding hydrogens is 464 g/mol. The molecule has 4 rings (SSSR count). The fourth-order valence-corrected chi connectivity index (χ4v) is 5.24. The lowest BCUT2D eigenvalue weighted by Crippen LogP contribution is -2.50. The normalized spacial score (nSPS) is 19.3. The van der Waals surface area contributed by atoms with Crippen LogP contribution in [0.25, 0.3) is 11.1 Å². The summed E-state index contributed by atoms with van der Waals surface area (Å²) in [5.74, 6) is -1.12. The van der Waals surface area contributed by atoms with Gasteiger partial charge >= 0.3 is 12.1 Å². The third kappa shape index (κ3) is 5.88. The SMILES string of the molecule is CSCC[C@@H](NC(=O)OCC1c2ccccc2-c2ccccc21)C(=O)NC1C=CCC(C(=O)O)C1. The zero-order chi connectivity index (χ0) is 24.8. The van der Waals surface area contributed by atoms with Crippen molar-refractivity contribution in [3.05, 3.63) is 71.8 Å².